The monoisotopic (exact) mass is 614 g/mol. The summed E-state index contributed by atoms with van der Waals surface area (Å²) in [6.45, 7) is 5.81. The van der Waals surface area contributed by atoms with Crippen LogP contribution in [0.15, 0.2) is 35.8 Å². The van der Waals surface area contributed by atoms with Crippen LogP contribution in [0.25, 0.3) is 0 Å². The molecule has 5 rings (SSSR count). The number of fused-ring (bicyclic) bond motifs is 3. The summed E-state index contributed by atoms with van der Waals surface area (Å²) < 4.78 is 34.0. The minimum atomic E-state index is -1.20. The fraction of sp³-hybridized carbons (Fsp3) is 0.706. The van der Waals surface area contributed by atoms with Gasteiger partial charge >= 0.3 is 24.1 Å². The van der Waals surface area contributed by atoms with Crippen molar-refractivity contribution < 1.29 is 47.6 Å². The largest absolute Gasteiger partial charge is 0.508 e. The molecule has 242 valence electrons. The van der Waals surface area contributed by atoms with Crippen molar-refractivity contribution in [3.63, 3.8) is 0 Å². The van der Waals surface area contributed by atoms with Gasteiger partial charge in [0.1, 0.15) is 6.10 Å². The molecule has 2 bridgehead atoms. The number of carbonyl (C=O) groups is 4. The third kappa shape index (κ3) is 5.53. The molecule has 0 aromatic rings. The molecule has 10 nitrogen and oxygen atoms in total. The molecule has 1 spiro atoms. The summed E-state index contributed by atoms with van der Waals surface area (Å²) in [5.74, 6) is -3.02. The fourth-order valence-corrected chi connectivity index (χ4v) is 8.54. The number of ether oxygens (including phenoxy) is 6. The number of esters is 3. The maximum atomic E-state index is 14.5. The van der Waals surface area contributed by atoms with Crippen molar-refractivity contribution in [2.75, 3.05) is 20.8 Å². The molecule has 0 amide bonds. The standard InChI is InChI=1S/C34H46O10/c1-6-41-32(38)42-26-15-11-14-25-23(26)17-16-21-12-9-7-8-10-13-22-18-24(29(35)40-5)20(2)19-34(22)28(39-4)27(30(36)44-34)43-31(37)33(21,25)3/h10,13,16-17,20-26H,6-9,11-12,14-15,18-19H2,1-5H3/b13-10+/t20-,21-,22-,23+,24?,25-,26+,33-,34+/m1/s1. The van der Waals surface area contributed by atoms with Crippen molar-refractivity contribution >= 4 is 24.1 Å². The van der Waals surface area contributed by atoms with E-state index in [1.165, 1.54) is 14.2 Å². The Bertz CT molecular complexity index is 1230. The Balaban J connectivity index is 1.53. The van der Waals surface area contributed by atoms with Crippen LogP contribution in [0.5, 0.6) is 0 Å². The summed E-state index contributed by atoms with van der Waals surface area (Å²) in [5.41, 5.74) is -2.20. The zero-order valence-corrected chi connectivity index (χ0v) is 26.5. The predicted molar refractivity (Wildman–Crippen MR) is 157 cm³/mol. The van der Waals surface area contributed by atoms with E-state index in [2.05, 4.69) is 18.2 Å². The van der Waals surface area contributed by atoms with Crippen molar-refractivity contribution in [2.45, 2.75) is 90.3 Å². The van der Waals surface area contributed by atoms with Crippen molar-refractivity contribution in [2.24, 2.45) is 40.9 Å². The van der Waals surface area contributed by atoms with Gasteiger partial charge in [-0.2, -0.15) is 0 Å². The average molecular weight is 615 g/mol. The highest BCUT2D eigenvalue weighted by Gasteiger charge is 2.61. The molecule has 3 aliphatic carbocycles. The van der Waals surface area contributed by atoms with E-state index >= 15 is 0 Å². The fourth-order valence-electron chi connectivity index (χ4n) is 8.54. The third-order valence-corrected chi connectivity index (χ3v) is 10.8. The zero-order chi connectivity index (χ0) is 31.6. The molecule has 0 saturated heterocycles. The Morgan fingerprint density at radius 2 is 1.82 bits per heavy atom. The topological polar surface area (TPSA) is 124 Å². The average Bonchev–Trinajstić information content (AvgIpc) is 3.25. The molecule has 9 atom stereocenters. The predicted octanol–water partition coefficient (Wildman–Crippen LogP) is 5.80. The SMILES string of the molecule is CCOC(=O)O[C@H]1CCC[C@@H]2[C@@H]1C=C[C@H]1CCCC/C=C/[C@@H]3CC(C(=O)OC)[C@H](C)C[C@]34OC(=O)C(=C4OC)OC(=O)[C@@]21C. The molecule has 2 fully saturated rings. The first kappa shape index (κ1) is 32.1. The molecule has 2 heterocycles. The molecule has 10 heteroatoms. The van der Waals surface area contributed by atoms with Gasteiger partial charge in [0.2, 0.25) is 0 Å². The second kappa shape index (κ2) is 13.0. The third-order valence-electron chi connectivity index (χ3n) is 10.8. The van der Waals surface area contributed by atoms with Gasteiger partial charge in [0, 0.05) is 11.8 Å². The highest BCUT2D eigenvalue weighted by atomic mass is 16.7. The van der Waals surface area contributed by atoms with E-state index in [1.54, 1.807) is 6.92 Å². The van der Waals surface area contributed by atoms with Crippen LogP contribution in [0.1, 0.15) is 78.6 Å². The Labute approximate surface area is 259 Å². The summed E-state index contributed by atoms with van der Waals surface area (Å²) in [5, 5.41) is 0. The minimum absolute atomic E-state index is 0.134. The molecule has 5 aliphatic rings. The molecule has 0 aromatic heterocycles. The van der Waals surface area contributed by atoms with Crippen molar-refractivity contribution in [1.82, 2.24) is 0 Å². The van der Waals surface area contributed by atoms with Gasteiger partial charge in [-0.1, -0.05) is 37.6 Å². The maximum Gasteiger partial charge on any atom is 0.508 e. The summed E-state index contributed by atoms with van der Waals surface area (Å²) in [7, 11) is 2.84. The highest BCUT2D eigenvalue weighted by Crippen LogP contribution is 2.56. The van der Waals surface area contributed by atoms with Gasteiger partial charge in [0.15, 0.2) is 11.4 Å². The number of allylic oxidation sites excluding steroid dienone is 2. The summed E-state index contributed by atoms with van der Waals surface area (Å²) in [4.78, 5) is 53.0. The quantitative estimate of drug-likeness (QED) is 0.218. The molecule has 44 heavy (non-hydrogen) atoms. The van der Waals surface area contributed by atoms with Gasteiger partial charge in [0.25, 0.3) is 5.76 Å². The van der Waals surface area contributed by atoms with Crippen LogP contribution < -0.4 is 0 Å². The molecule has 2 saturated carbocycles. The van der Waals surface area contributed by atoms with Gasteiger partial charge in [-0.3, -0.25) is 9.59 Å². The molecular weight excluding hydrogens is 568 g/mol. The van der Waals surface area contributed by atoms with Crippen molar-refractivity contribution in [3.05, 3.63) is 35.8 Å². The second-order valence-electron chi connectivity index (χ2n) is 13.1. The molecular formula is C34H46O10. The normalized spacial score (nSPS) is 39.3. The first-order valence-corrected chi connectivity index (χ1v) is 16.1. The lowest BCUT2D eigenvalue weighted by molar-refractivity contribution is -0.171. The lowest BCUT2D eigenvalue weighted by Gasteiger charge is -2.50. The number of hydrogen-bond donors (Lipinski definition) is 0. The lowest BCUT2D eigenvalue weighted by Crippen LogP contribution is -2.52. The Morgan fingerprint density at radius 3 is 2.55 bits per heavy atom. The van der Waals surface area contributed by atoms with E-state index < -0.39 is 35.2 Å². The van der Waals surface area contributed by atoms with Crippen molar-refractivity contribution in [3.8, 4) is 0 Å². The second-order valence-corrected chi connectivity index (χ2v) is 13.1. The summed E-state index contributed by atoms with van der Waals surface area (Å²) >= 11 is 0. The molecule has 0 aromatic carbocycles. The zero-order valence-electron chi connectivity index (χ0n) is 26.5. The molecule has 0 N–H and O–H groups in total. The van der Waals surface area contributed by atoms with Gasteiger partial charge in [0.05, 0.1) is 32.2 Å². The first-order valence-electron chi connectivity index (χ1n) is 16.1. The van der Waals surface area contributed by atoms with Crippen LogP contribution >= 0.6 is 0 Å². The van der Waals surface area contributed by atoms with E-state index in [0.717, 1.165) is 38.5 Å². The maximum absolute atomic E-state index is 14.5. The van der Waals surface area contributed by atoms with Crippen LogP contribution in [0, 0.1) is 40.9 Å². The van der Waals surface area contributed by atoms with Gasteiger partial charge in [-0.25, -0.2) is 9.59 Å². The van der Waals surface area contributed by atoms with Crippen LogP contribution in [0.4, 0.5) is 4.79 Å². The molecule has 0 radical (unpaired) electrons. The Morgan fingerprint density at radius 1 is 1.02 bits per heavy atom. The van der Waals surface area contributed by atoms with Gasteiger partial charge in [-0.15, -0.1) is 0 Å². The van der Waals surface area contributed by atoms with Crippen LogP contribution in [-0.4, -0.2) is 56.6 Å². The lowest BCUT2D eigenvalue weighted by atomic mass is 9.55. The van der Waals surface area contributed by atoms with E-state index in [1.807, 2.05) is 19.9 Å². The summed E-state index contributed by atoms with van der Waals surface area (Å²) in [6.07, 6.45) is 13.4. The summed E-state index contributed by atoms with van der Waals surface area (Å²) in [6, 6.07) is 0. The van der Waals surface area contributed by atoms with E-state index in [0.29, 0.717) is 19.3 Å². The first-order chi connectivity index (χ1) is 21.1. The van der Waals surface area contributed by atoms with Gasteiger partial charge < -0.3 is 28.4 Å². The Hall–Kier alpha value is -3.30. The van der Waals surface area contributed by atoms with Crippen LogP contribution in [0.3, 0.4) is 0 Å². The number of carbonyl (C=O) groups excluding carboxylic acids is 4. The number of methoxy groups -OCH3 is 2. The molecule has 2 aliphatic heterocycles. The molecule has 1 unspecified atom stereocenters. The number of rotatable bonds is 4. The van der Waals surface area contributed by atoms with Crippen LogP contribution in [-0.2, 0) is 42.8 Å². The van der Waals surface area contributed by atoms with E-state index in [9.17, 15) is 19.2 Å². The smallest absolute Gasteiger partial charge is 0.493 e. The van der Waals surface area contributed by atoms with E-state index in [4.69, 9.17) is 28.4 Å². The van der Waals surface area contributed by atoms with Crippen LogP contribution in [0.2, 0.25) is 0 Å². The van der Waals surface area contributed by atoms with Gasteiger partial charge in [-0.05, 0) is 83.0 Å². The minimum Gasteiger partial charge on any atom is -0.493 e. The van der Waals surface area contributed by atoms with Crippen molar-refractivity contribution in [1.29, 1.82) is 0 Å². The van der Waals surface area contributed by atoms with E-state index in [-0.39, 0.29) is 59.6 Å². The Kier molecular flexibility index (Phi) is 9.47. The number of hydrogen-bond acceptors (Lipinski definition) is 10. The highest BCUT2D eigenvalue weighted by molar-refractivity contribution is 5.94.